The number of likely N-dealkylation sites (N-methyl/N-ethyl adjacent to an activating group) is 3. The van der Waals surface area contributed by atoms with Crippen LogP contribution in [0.2, 0.25) is 0 Å². The summed E-state index contributed by atoms with van der Waals surface area (Å²) < 4.78 is 4.88. The summed E-state index contributed by atoms with van der Waals surface area (Å²) in [4.78, 5) is 10.8. The maximum absolute atomic E-state index is 10.8. The zero-order valence-corrected chi connectivity index (χ0v) is 8.31. The van der Waals surface area contributed by atoms with Gasteiger partial charge in [-0.05, 0) is 21.1 Å². The molecule has 5 heteroatoms. The third-order valence-corrected chi connectivity index (χ3v) is 1.88. The molecule has 0 atom stereocenters. The van der Waals surface area contributed by atoms with Gasteiger partial charge in [0.25, 0.3) is 0 Å². The van der Waals surface area contributed by atoms with Crippen LogP contribution in [0.15, 0.2) is 12.7 Å². The molecule has 0 aliphatic heterocycles. The van der Waals surface area contributed by atoms with Gasteiger partial charge in [0.15, 0.2) is 5.79 Å². The zero-order chi connectivity index (χ0) is 10.3. The maximum Gasteiger partial charge on any atom is 0.330 e. The molecule has 0 radical (unpaired) electrons. The van der Waals surface area contributed by atoms with Crippen LogP contribution in [-0.2, 0) is 9.53 Å². The van der Waals surface area contributed by atoms with Crippen LogP contribution in [-0.4, -0.2) is 39.5 Å². The molecule has 0 aromatic heterocycles. The van der Waals surface area contributed by atoms with Crippen molar-refractivity contribution in [2.45, 2.75) is 5.79 Å². The highest BCUT2D eigenvalue weighted by molar-refractivity contribution is 5.81. The number of nitrogens with one attached hydrogen (secondary N) is 3. The Balaban J connectivity index is 4.09. The van der Waals surface area contributed by atoms with Crippen molar-refractivity contribution in [2.24, 2.45) is 0 Å². The van der Waals surface area contributed by atoms with E-state index in [1.165, 1.54) is 0 Å². The van der Waals surface area contributed by atoms with Crippen LogP contribution in [0.25, 0.3) is 0 Å². The molecule has 5 nitrogen and oxygen atoms in total. The molecule has 0 aliphatic carbocycles. The Morgan fingerprint density at radius 1 is 1.38 bits per heavy atom. The second-order valence-corrected chi connectivity index (χ2v) is 2.47. The Bertz CT molecular complexity index is 170. The summed E-state index contributed by atoms with van der Waals surface area (Å²) >= 11 is 0. The largest absolute Gasteiger partial charge is 0.458 e. The van der Waals surface area contributed by atoms with E-state index in [-0.39, 0.29) is 6.61 Å². The van der Waals surface area contributed by atoms with E-state index in [2.05, 4.69) is 22.5 Å². The van der Waals surface area contributed by atoms with Gasteiger partial charge in [0, 0.05) is 6.08 Å². The Labute approximate surface area is 78.5 Å². The van der Waals surface area contributed by atoms with E-state index in [1.54, 1.807) is 21.1 Å². The van der Waals surface area contributed by atoms with Crippen LogP contribution in [0.3, 0.4) is 0 Å². The highest BCUT2D eigenvalue weighted by atomic mass is 16.5. The summed E-state index contributed by atoms with van der Waals surface area (Å²) in [5.41, 5.74) is 0. The number of rotatable bonds is 6. The average molecular weight is 187 g/mol. The van der Waals surface area contributed by atoms with Crippen LogP contribution in [0, 0.1) is 0 Å². The lowest BCUT2D eigenvalue weighted by Crippen LogP contribution is -2.66. The van der Waals surface area contributed by atoms with Gasteiger partial charge in [0.2, 0.25) is 0 Å². The first-order valence-corrected chi connectivity index (χ1v) is 4.00. The first-order chi connectivity index (χ1) is 6.14. The van der Waals surface area contributed by atoms with E-state index < -0.39 is 11.8 Å². The van der Waals surface area contributed by atoms with E-state index in [0.29, 0.717) is 0 Å². The highest BCUT2D eigenvalue weighted by Crippen LogP contribution is 1.94. The number of hydrogen-bond acceptors (Lipinski definition) is 5. The van der Waals surface area contributed by atoms with E-state index in [9.17, 15) is 4.79 Å². The fraction of sp³-hybridized carbons (Fsp3) is 0.625. The molecule has 0 spiro atoms. The lowest BCUT2D eigenvalue weighted by atomic mass is 10.3. The van der Waals surface area contributed by atoms with Gasteiger partial charge in [0.1, 0.15) is 6.61 Å². The normalized spacial score (nSPS) is 11.0. The summed E-state index contributed by atoms with van der Waals surface area (Å²) in [6, 6.07) is 0. The Kier molecular flexibility index (Phi) is 5.29. The molecule has 0 amide bonds. The van der Waals surface area contributed by atoms with Crippen LogP contribution in [0.5, 0.6) is 0 Å². The molecule has 0 saturated carbocycles. The first-order valence-electron chi connectivity index (χ1n) is 4.00. The van der Waals surface area contributed by atoms with Gasteiger partial charge >= 0.3 is 5.97 Å². The van der Waals surface area contributed by atoms with Crippen molar-refractivity contribution in [3.05, 3.63) is 12.7 Å². The molecular weight excluding hydrogens is 170 g/mol. The SMILES string of the molecule is C=CC(=O)OCC(NC)(NC)NC. The Morgan fingerprint density at radius 2 is 1.85 bits per heavy atom. The van der Waals surface area contributed by atoms with Crippen molar-refractivity contribution in [3.8, 4) is 0 Å². The third kappa shape index (κ3) is 3.54. The van der Waals surface area contributed by atoms with Gasteiger partial charge in [0.05, 0.1) is 0 Å². The maximum atomic E-state index is 10.8. The zero-order valence-electron chi connectivity index (χ0n) is 8.31. The molecule has 0 aromatic rings. The molecule has 0 aromatic carbocycles. The topological polar surface area (TPSA) is 62.4 Å². The summed E-state index contributed by atoms with van der Waals surface area (Å²) in [6.07, 6.45) is 1.13. The smallest absolute Gasteiger partial charge is 0.330 e. The van der Waals surface area contributed by atoms with Crippen LogP contribution in [0.4, 0.5) is 0 Å². The van der Waals surface area contributed by atoms with Crippen molar-refractivity contribution in [1.29, 1.82) is 0 Å². The van der Waals surface area contributed by atoms with E-state index in [4.69, 9.17) is 4.74 Å². The average Bonchev–Trinajstić information content (AvgIpc) is 2.20. The second-order valence-electron chi connectivity index (χ2n) is 2.47. The minimum atomic E-state index is -0.585. The van der Waals surface area contributed by atoms with Gasteiger partial charge in [-0.15, -0.1) is 0 Å². The predicted molar refractivity (Wildman–Crippen MR) is 51.1 cm³/mol. The molecule has 0 rings (SSSR count). The molecule has 13 heavy (non-hydrogen) atoms. The first kappa shape index (κ1) is 12.1. The molecule has 3 N–H and O–H groups in total. The number of carbonyl (C=O) groups excluding carboxylic acids is 1. The lowest BCUT2D eigenvalue weighted by molar-refractivity contribution is -0.140. The summed E-state index contributed by atoms with van der Waals surface area (Å²) in [5.74, 6) is -1.02. The minimum absolute atomic E-state index is 0.182. The van der Waals surface area contributed by atoms with Crippen molar-refractivity contribution >= 4 is 5.97 Å². The lowest BCUT2D eigenvalue weighted by Gasteiger charge is -2.31. The number of ether oxygens (including phenoxy) is 1. The molecule has 0 saturated heterocycles. The van der Waals surface area contributed by atoms with Crippen molar-refractivity contribution < 1.29 is 9.53 Å². The summed E-state index contributed by atoms with van der Waals surface area (Å²) in [7, 11) is 5.28. The van der Waals surface area contributed by atoms with E-state index in [0.717, 1.165) is 6.08 Å². The predicted octanol–water partition coefficient (Wildman–Crippen LogP) is -0.972. The number of hydrogen-bond donors (Lipinski definition) is 3. The standard InChI is InChI=1S/C8H17N3O2/c1-5-7(12)13-6-8(9-2,10-3)11-4/h5,9-11H,1,6H2,2-4H3. The van der Waals surface area contributed by atoms with Gasteiger partial charge < -0.3 is 4.74 Å². The molecule has 0 bridgehead atoms. The second kappa shape index (κ2) is 5.69. The Hall–Kier alpha value is -0.910. The third-order valence-electron chi connectivity index (χ3n) is 1.88. The highest BCUT2D eigenvalue weighted by Gasteiger charge is 2.24. The van der Waals surface area contributed by atoms with Crippen LogP contribution in [0.1, 0.15) is 0 Å². The Morgan fingerprint density at radius 3 is 2.15 bits per heavy atom. The molecule has 76 valence electrons. The van der Waals surface area contributed by atoms with Gasteiger partial charge in [-0.1, -0.05) is 6.58 Å². The molecular formula is C8H17N3O2. The van der Waals surface area contributed by atoms with E-state index in [1.807, 2.05) is 0 Å². The van der Waals surface area contributed by atoms with Gasteiger partial charge in [-0.3, -0.25) is 16.0 Å². The van der Waals surface area contributed by atoms with Crippen LogP contribution >= 0.6 is 0 Å². The molecule has 0 fully saturated rings. The van der Waals surface area contributed by atoms with Crippen LogP contribution < -0.4 is 16.0 Å². The van der Waals surface area contributed by atoms with E-state index >= 15 is 0 Å². The fourth-order valence-electron chi connectivity index (χ4n) is 0.830. The minimum Gasteiger partial charge on any atom is -0.458 e. The van der Waals surface area contributed by atoms with Crippen molar-refractivity contribution in [3.63, 3.8) is 0 Å². The number of carbonyl (C=O) groups is 1. The van der Waals surface area contributed by atoms with Crippen molar-refractivity contribution in [1.82, 2.24) is 16.0 Å². The molecule has 0 aliphatic rings. The van der Waals surface area contributed by atoms with Gasteiger partial charge in [-0.2, -0.15) is 0 Å². The molecule has 0 unspecified atom stereocenters. The monoisotopic (exact) mass is 187 g/mol. The quantitative estimate of drug-likeness (QED) is 0.284. The molecule has 0 heterocycles. The fourth-order valence-corrected chi connectivity index (χ4v) is 0.830. The van der Waals surface area contributed by atoms with Gasteiger partial charge in [-0.25, -0.2) is 4.79 Å². The summed E-state index contributed by atoms with van der Waals surface area (Å²) in [6.45, 7) is 3.48. The number of esters is 1. The summed E-state index contributed by atoms with van der Waals surface area (Å²) in [5, 5.41) is 8.88. The van der Waals surface area contributed by atoms with Crippen molar-refractivity contribution in [2.75, 3.05) is 27.7 Å².